The SMILES string of the molecule is COP(=O)(CC(O)CSc1ncn[nH]1)OC. The minimum absolute atomic E-state index is 0.0405. The topological polar surface area (TPSA) is 97.3 Å². The van der Waals surface area contributed by atoms with Crippen LogP contribution in [0.15, 0.2) is 11.5 Å². The first kappa shape index (κ1) is 13.7. The van der Waals surface area contributed by atoms with Gasteiger partial charge in [0, 0.05) is 20.0 Å². The Hall–Kier alpha value is -0.400. The van der Waals surface area contributed by atoms with Crippen LogP contribution in [0.3, 0.4) is 0 Å². The molecule has 2 N–H and O–H groups in total. The van der Waals surface area contributed by atoms with Gasteiger partial charge < -0.3 is 14.2 Å². The quantitative estimate of drug-likeness (QED) is 0.555. The van der Waals surface area contributed by atoms with Crippen molar-refractivity contribution in [1.82, 2.24) is 15.2 Å². The molecule has 0 aliphatic rings. The number of aromatic amines is 1. The highest BCUT2D eigenvalue weighted by Gasteiger charge is 2.25. The molecule has 0 fully saturated rings. The lowest BCUT2D eigenvalue weighted by molar-refractivity contribution is 0.201. The van der Waals surface area contributed by atoms with Crippen molar-refractivity contribution in [3.63, 3.8) is 0 Å². The third-order valence-corrected chi connectivity index (χ3v) is 4.80. The fourth-order valence-electron chi connectivity index (χ4n) is 0.973. The number of aliphatic hydroxyl groups excluding tert-OH is 1. The van der Waals surface area contributed by atoms with Gasteiger partial charge >= 0.3 is 7.60 Å². The van der Waals surface area contributed by atoms with E-state index in [1.54, 1.807) is 0 Å². The van der Waals surface area contributed by atoms with Crippen LogP contribution < -0.4 is 0 Å². The van der Waals surface area contributed by atoms with Gasteiger partial charge in [-0.1, -0.05) is 11.8 Å². The second kappa shape index (κ2) is 6.36. The summed E-state index contributed by atoms with van der Waals surface area (Å²) in [7, 11) is -0.569. The van der Waals surface area contributed by atoms with E-state index >= 15 is 0 Å². The number of thioether (sulfide) groups is 1. The van der Waals surface area contributed by atoms with Gasteiger partial charge in [-0.25, -0.2) is 4.98 Å². The molecule has 1 aromatic heterocycles. The van der Waals surface area contributed by atoms with Crippen molar-refractivity contribution in [2.45, 2.75) is 11.3 Å². The molecule has 0 aliphatic carbocycles. The summed E-state index contributed by atoms with van der Waals surface area (Å²) in [4.78, 5) is 3.88. The molecule has 0 bridgehead atoms. The Kier molecular flexibility index (Phi) is 5.43. The van der Waals surface area contributed by atoms with Crippen LogP contribution in [0.4, 0.5) is 0 Å². The maximum absolute atomic E-state index is 11.7. The van der Waals surface area contributed by atoms with E-state index in [2.05, 4.69) is 15.2 Å². The van der Waals surface area contributed by atoms with Crippen molar-refractivity contribution >= 4 is 19.4 Å². The molecule has 1 rings (SSSR count). The Morgan fingerprint density at radius 1 is 1.62 bits per heavy atom. The zero-order valence-electron chi connectivity index (χ0n) is 8.99. The van der Waals surface area contributed by atoms with Gasteiger partial charge in [-0.15, -0.1) is 0 Å². The third-order valence-electron chi connectivity index (χ3n) is 1.80. The number of hydrogen-bond donors (Lipinski definition) is 2. The van der Waals surface area contributed by atoms with Gasteiger partial charge in [-0.05, 0) is 0 Å². The zero-order chi connectivity index (χ0) is 12.0. The van der Waals surface area contributed by atoms with E-state index in [1.807, 2.05) is 0 Å². The summed E-state index contributed by atoms with van der Waals surface area (Å²) < 4.78 is 21.1. The van der Waals surface area contributed by atoms with Crippen molar-refractivity contribution in [2.24, 2.45) is 0 Å². The first-order valence-corrected chi connectivity index (χ1v) is 7.18. The molecule has 0 saturated heterocycles. The Morgan fingerprint density at radius 2 is 2.31 bits per heavy atom. The van der Waals surface area contributed by atoms with Crippen LogP contribution in [0.5, 0.6) is 0 Å². The molecule has 9 heteroatoms. The van der Waals surface area contributed by atoms with E-state index in [-0.39, 0.29) is 6.16 Å². The number of nitrogens with one attached hydrogen (secondary N) is 1. The van der Waals surface area contributed by atoms with Crippen molar-refractivity contribution < 1.29 is 18.7 Å². The highest BCUT2D eigenvalue weighted by atomic mass is 32.2. The highest BCUT2D eigenvalue weighted by molar-refractivity contribution is 7.99. The van der Waals surface area contributed by atoms with E-state index in [4.69, 9.17) is 9.05 Å². The molecule has 92 valence electrons. The predicted molar refractivity (Wildman–Crippen MR) is 59.6 cm³/mol. The summed E-state index contributed by atoms with van der Waals surface area (Å²) in [5.74, 6) is 0.339. The number of hydrogen-bond acceptors (Lipinski definition) is 7. The Labute approximate surface area is 97.5 Å². The van der Waals surface area contributed by atoms with E-state index < -0.39 is 13.7 Å². The van der Waals surface area contributed by atoms with Crippen LogP contribution in [0.2, 0.25) is 0 Å². The zero-order valence-corrected chi connectivity index (χ0v) is 10.7. The van der Waals surface area contributed by atoms with Gasteiger partial charge in [-0.3, -0.25) is 9.66 Å². The highest BCUT2D eigenvalue weighted by Crippen LogP contribution is 2.47. The van der Waals surface area contributed by atoms with E-state index in [1.165, 1.54) is 32.3 Å². The lowest BCUT2D eigenvalue weighted by atomic mass is 10.5. The maximum Gasteiger partial charge on any atom is 0.332 e. The van der Waals surface area contributed by atoms with Gasteiger partial charge in [0.1, 0.15) is 6.33 Å². The molecule has 1 heterocycles. The molecule has 16 heavy (non-hydrogen) atoms. The molecule has 0 saturated carbocycles. The van der Waals surface area contributed by atoms with Crippen molar-refractivity contribution in [3.8, 4) is 0 Å². The van der Waals surface area contributed by atoms with Crippen LogP contribution in [-0.4, -0.2) is 52.5 Å². The van der Waals surface area contributed by atoms with Crippen LogP contribution in [-0.2, 0) is 13.6 Å². The first-order valence-electron chi connectivity index (χ1n) is 4.46. The molecule has 0 amide bonds. The lowest BCUT2D eigenvalue weighted by Gasteiger charge is -2.16. The van der Waals surface area contributed by atoms with Crippen molar-refractivity contribution in [2.75, 3.05) is 26.1 Å². The fourth-order valence-corrected chi connectivity index (χ4v) is 2.95. The standard InChI is InChI=1S/C7H14N3O4PS/c1-13-15(12,14-2)3-6(11)4-16-7-8-5-9-10-7/h5-6,11H,3-4H2,1-2H3,(H,8,9,10). The number of nitrogens with zero attached hydrogens (tertiary/aromatic N) is 2. The summed E-state index contributed by atoms with van der Waals surface area (Å²) in [5, 5.41) is 16.5. The largest absolute Gasteiger partial charge is 0.392 e. The summed E-state index contributed by atoms with van der Waals surface area (Å²) in [6.07, 6.45) is 0.547. The van der Waals surface area contributed by atoms with Crippen molar-refractivity contribution in [3.05, 3.63) is 6.33 Å². The second-order valence-corrected chi connectivity index (χ2v) is 6.24. The Balaban J connectivity index is 2.36. The van der Waals surface area contributed by atoms with Gasteiger partial charge in [-0.2, -0.15) is 5.10 Å². The lowest BCUT2D eigenvalue weighted by Crippen LogP contribution is -2.17. The number of H-pyrrole nitrogens is 1. The maximum atomic E-state index is 11.7. The van der Waals surface area contributed by atoms with E-state index in [0.717, 1.165) is 0 Å². The molecule has 0 spiro atoms. The van der Waals surface area contributed by atoms with Crippen LogP contribution in [0.1, 0.15) is 0 Å². The van der Waals surface area contributed by atoms with Crippen LogP contribution in [0, 0.1) is 0 Å². The minimum Gasteiger partial charge on any atom is -0.392 e. The molecular formula is C7H14N3O4PS. The fraction of sp³-hybridized carbons (Fsp3) is 0.714. The molecular weight excluding hydrogens is 253 g/mol. The number of rotatable bonds is 7. The summed E-state index contributed by atoms with van der Waals surface area (Å²) in [5.41, 5.74) is 0. The third kappa shape index (κ3) is 4.23. The monoisotopic (exact) mass is 267 g/mol. The van der Waals surface area contributed by atoms with E-state index in [9.17, 15) is 9.67 Å². The normalized spacial score (nSPS) is 13.9. The second-order valence-electron chi connectivity index (χ2n) is 2.91. The van der Waals surface area contributed by atoms with Crippen molar-refractivity contribution in [1.29, 1.82) is 0 Å². The molecule has 0 aromatic carbocycles. The van der Waals surface area contributed by atoms with Gasteiger partial charge in [0.05, 0.1) is 12.3 Å². The summed E-state index contributed by atoms with van der Waals surface area (Å²) in [6.45, 7) is 0. The first-order chi connectivity index (χ1) is 7.59. The van der Waals surface area contributed by atoms with E-state index in [0.29, 0.717) is 10.9 Å². The Morgan fingerprint density at radius 3 is 2.81 bits per heavy atom. The molecule has 1 aromatic rings. The molecule has 7 nitrogen and oxygen atoms in total. The van der Waals surface area contributed by atoms with Crippen LogP contribution >= 0.6 is 19.4 Å². The van der Waals surface area contributed by atoms with Crippen LogP contribution in [0.25, 0.3) is 0 Å². The molecule has 1 unspecified atom stereocenters. The number of aromatic nitrogens is 3. The Bertz CT molecular complexity index is 339. The van der Waals surface area contributed by atoms with Gasteiger partial charge in [0.25, 0.3) is 0 Å². The summed E-state index contributed by atoms with van der Waals surface area (Å²) >= 11 is 1.29. The smallest absolute Gasteiger partial charge is 0.332 e. The molecule has 0 radical (unpaired) electrons. The number of aliphatic hydroxyl groups is 1. The summed E-state index contributed by atoms with van der Waals surface area (Å²) in [6, 6.07) is 0. The minimum atomic E-state index is -3.15. The van der Waals surface area contributed by atoms with Gasteiger partial charge in [0.2, 0.25) is 0 Å². The average Bonchev–Trinajstić information content (AvgIpc) is 2.79. The average molecular weight is 267 g/mol. The predicted octanol–water partition coefficient (Wildman–Crippen LogP) is 0.744. The molecule has 0 aliphatic heterocycles. The molecule has 1 atom stereocenters. The van der Waals surface area contributed by atoms with Gasteiger partial charge in [0.15, 0.2) is 5.16 Å².